The molecule has 0 bridgehead atoms. The first-order chi connectivity index (χ1) is 24.9. The summed E-state index contributed by atoms with van der Waals surface area (Å²) in [7, 11) is 0. The van der Waals surface area contributed by atoms with Crippen LogP contribution in [0.15, 0.2) is 42.5 Å². The molecule has 0 aliphatic carbocycles. The van der Waals surface area contributed by atoms with Crippen LogP contribution in [0.5, 0.6) is 5.88 Å². The Morgan fingerprint density at radius 1 is 0.885 bits per heavy atom. The zero-order chi connectivity index (χ0) is 37.4. The molecule has 0 saturated carbocycles. The van der Waals surface area contributed by atoms with Crippen LogP contribution in [0.3, 0.4) is 0 Å². The second-order valence-corrected chi connectivity index (χ2v) is 14.1. The molecule has 0 unspecified atom stereocenters. The summed E-state index contributed by atoms with van der Waals surface area (Å²) in [4.78, 5) is 29.8. The van der Waals surface area contributed by atoms with E-state index in [0.717, 1.165) is 16.7 Å². The number of piperazine rings is 1. The van der Waals surface area contributed by atoms with Crippen molar-refractivity contribution in [3.63, 3.8) is 0 Å². The summed E-state index contributed by atoms with van der Waals surface area (Å²) in [6.07, 6.45) is -4.31. The second kappa shape index (κ2) is 17.9. The number of rotatable bonds is 16. The van der Waals surface area contributed by atoms with Gasteiger partial charge < -0.3 is 50.3 Å². The summed E-state index contributed by atoms with van der Waals surface area (Å²) in [5, 5.41) is 67.5. The van der Waals surface area contributed by atoms with E-state index in [9.17, 15) is 35.1 Å². The van der Waals surface area contributed by atoms with Crippen molar-refractivity contribution in [3.05, 3.63) is 59.2 Å². The Bertz CT molecular complexity index is 1620. The van der Waals surface area contributed by atoms with Crippen molar-refractivity contribution in [1.29, 1.82) is 0 Å². The molecule has 2 saturated heterocycles. The molecule has 15 heteroatoms. The lowest BCUT2D eigenvalue weighted by Crippen LogP contribution is -2.60. The van der Waals surface area contributed by atoms with Crippen LogP contribution in [0.2, 0.25) is 0 Å². The fourth-order valence-corrected chi connectivity index (χ4v) is 6.87. The molecule has 2 aliphatic heterocycles. The van der Waals surface area contributed by atoms with Gasteiger partial charge in [0.2, 0.25) is 24.0 Å². The maximum absolute atomic E-state index is 13.1. The molecule has 2 aromatic carbocycles. The number of hydrogen-bond donors (Lipinski definition) is 7. The van der Waals surface area contributed by atoms with E-state index >= 15 is 0 Å². The van der Waals surface area contributed by atoms with Crippen LogP contribution in [-0.4, -0.2) is 151 Å². The van der Waals surface area contributed by atoms with Gasteiger partial charge in [-0.05, 0) is 62.3 Å². The van der Waals surface area contributed by atoms with Gasteiger partial charge >= 0.3 is 0 Å². The van der Waals surface area contributed by atoms with Gasteiger partial charge in [-0.2, -0.15) is 0 Å². The van der Waals surface area contributed by atoms with E-state index in [1.807, 2.05) is 30.3 Å². The number of hydrogen-bond acceptors (Lipinski definition) is 12. The highest BCUT2D eigenvalue weighted by Gasteiger charge is 2.45. The number of benzene rings is 2. The number of aryl methyl sites for hydroxylation is 3. The molecule has 52 heavy (non-hydrogen) atoms. The molecule has 3 heterocycles. The predicted molar refractivity (Wildman–Crippen MR) is 190 cm³/mol. The number of nitrogens with one attached hydrogen (secondary N) is 1. The van der Waals surface area contributed by atoms with Crippen molar-refractivity contribution in [2.45, 2.75) is 88.7 Å². The third kappa shape index (κ3) is 9.46. The highest BCUT2D eigenvalue weighted by molar-refractivity contribution is 5.91. The molecule has 2 amide bonds. The number of fused-ring (bicyclic) bond motifs is 1. The molecular weight excluding hydrogens is 674 g/mol. The fraction of sp³-hybridized carbons (Fsp3) is 0.595. The topological polar surface area (TPSA) is 210 Å². The Hall–Kier alpha value is -3.67. The quantitative estimate of drug-likeness (QED) is 0.0982. The highest BCUT2D eigenvalue weighted by atomic mass is 16.7. The molecule has 15 nitrogen and oxygen atoms in total. The third-order valence-electron chi connectivity index (χ3n) is 9.86. The smallest absolute Gasteiger partial charge is 0.247 e. The minimum atomic E-state index is -1.60. The van der Waals surface area contributed by atoms with Crippen molar-refractivity contribution in [2.75, 3.05) is 52.5 Å². The fourth-order valence-electron chi connectivity index (χ4n) is 6.87. The molecule has 2 fully saturated rings. The number of aliphatic hydroxyl groups excluding tert-OH is 6. The molecule has 286 valence electrons. The Morgan fingerprint density at radius 2 is 1.56 bits per heavy atom. The van der Waals surface area contributed by atoms with Crippen LogP contribution in [0.1, 0.15) is 43.4 Å². The van der Waals surface area contributed by atoms with Crippen LogP contribution in [-0.2, 0) is 40.1 Å². The van der Waals surface area contributed by atoms with Crippen LogP contribution >= 0.6 is 0 Å². The van der Waals surface area contributed by atoms with Crippen molar-refractivity contribution in [1.82, 2.24) is 24.9 Å². The van der Waals surface area contributed by atoms with Gasteiger partial charge in [0.15, 0.2) is 0 Å². The van der Waals surface area contributed by atoms with Gasteiger partial charge in [-0.1, -0.05) is 36.4 Å². The maximum atomic E-state index is 13.1. The van der Waals surface area contributed by atoms with Gasteiger partial charge in [-0.15, -0.1) is 5.10 Å². The van der Waals surface area contributed by atoms with E-state index in [-0.39, 0.29) is 37.5 Å². The van der Waals surface area contributed by atoms with Crippen LogP contribution in [0, 0.1) is 0 Å². The summed E-state index contributed by atoms with van der Waals surface area (Å²) in [6.45, 7) is 6.15. The van der Waals surface area contributed by atoms with Gasteiger partial charge in [-0.3, -0.25) is 19.2 Å². The first-order valence-electron chi connectivity index (χ1n) is 18.0. The minimum Gasteiger partial charge on any atom is -0.443 e. The number of nitrogens with zero attached hydrogens (tertiary/aromatic N) is 4. The standard InChI is InChI=1S/C37H53N5O10/c1-37(2,36(50)41-17-15-40(16-18-41)19-21-43)38-29(46)8-3-5-24-9-11-25(12-10-24)13-14-26-6-4-7-27-30(26)34(39-42(27)20-22-44)52-35-33(49)32(48)31(47)28(23-45)51-35/h4,6-7,9-12,28,31-33,35,43-45,47-49H,3,5,8,13-23H2,1-2H3,(H,38,46)/t28-,31-,32+,33-,35+/m1/s1. The molecule has 0 spiro atoms. The normalized spacial score (nSPS) is 22.8. The summed E-state index contributed by atoms with van der Waals surface area (Å²) in [5.41, 5.74) is 2.79. The average molecular weight is 728 g/mol. The summed E-state index contributed by atoms with van der Waals surface area (Å²) < 4.78 is 13.1. The molecule has 5 rings (SSSR count). The maximum Gasteiger partial charge on any atom is 0.247 e. The van der Waals surface area contributed by atoms with E-state index in [2.05, 4.69) is 27.4 Å². The molecule has 0 radical (unpaired) electrons. The van der Waals surface area contributed by atoms with Gasteiger partial charge in [0.05, 0.1) is 37.3 Å². The lowest BCUT2D eigenvalue weighted by Gasteiger charge is -2.39. The Labute approximate surface area is 303 Å². The van der Waals surface area contributed by atoms with E-state index in [4.69, 9.17) is 14.6 Å². The lowest BCUT2D eigenvalue weighted by atomic mass is 9.99. The van der Waals surface area contributed by atoms with Crippen LogP contribution in [0.25, 0.3) is 10.9 Å². The number of carbonyl (C=O) groups excluding carboxylic acids is 2. The number of β-amino-alcohol motifs (C(OH)–C–C–N with tert-alkyl or cyclic N) is 1. The first kappa shape index (κ1) is 39.5. The Kier molecular flexibility index (Phi) is 13.6. The van der Waals surface area contributed by atoms with E-state index in [1.165, 1.54) is 0 Å². The summed E-state index contributed by atoms with van der Waals surface area (Å²) >= 11 is 0. The summed E-state index contributed by atoms with van der Waals surface area (Å²) in [5.74, 6) is -0.138. The number of amides is 2. The number of aliphatic hydroxyl groups is 6. The number of carbonyl (C=O) groups is 2. The molecule has 5 atom stereocenters. The second-order valence-electron chi connectivity index (χ2n) is 14.1. The number of ether oxygens (including phenoxy) is 2. The lowest BCUT2D eigenvalue weighted by molar-refractivity contribution is -0.278. The van der Waals surface area contributed by atoms with Crippen molar-refractivity contribution >= 4 is 22.7 Å². The molecule has 3 aromatic rings. The molecule has 1 aromatic heterocycles. The molecule has 7 N–H and O–H groups in total. The van der Waals surface area contributed by atoms with Gasteiger partial charge in [0.25, 0.3) is 0 Å². The van der Waals surface area contributed by atoms with Crippen molar-refractivity contribution in [2.24, 2.45) is 0 Å². The van der Waals surface area contributed by atoms with Gasteiger partial charge in [-0.25, -0.2) is 0 Å². The third-order valence-corrected chi connectivity index (χ3v) is 9.86. The first-order valence-corrected chi connectivity index (χ1v) is 18.0. The van der Waals surface area contributed by atoms with Crippen molar-refractivity contribution < 1.29 is 49.7 Å². The molecule has 2 aliphatic rings. The van der Waals surface area contributed by atoms with Crippen molar-refractivity contribution in [3.8, 4) is 5.88 Å². The largest absolute Gasteiger partial charge is 0.443 e. The van der Waals surface area contributed by atoms with Crippen LogP contribution < -0.4 is 10.1 Å². The van der Waals surface area contributed by atoms with E-state index in [1.54, 1.807) is 23.4 Å². The monoisotopic (exact) mass is 727 g/mol. The number of aromatic nitrogens is 2. The van der Waals surface area contributed by atoms with Gasteiger partial charge in [0.1, 0.15) is 30.0 Å². The summed E-state index contributed by atoms with van der Waals surface area (Å²) in [6, 6.07) is 13.9. The average Bonchev–Trinajstić information content (AvgIpc) is 3.48. The minimum absolute atomic E-state index is 0.0935. The van der Waals surface area contributed by atoms with Gasteiger partial charge in [0, 0.05) is 39.1 Å². The predicted octanol–water partition coefficient (Wildman–Crippen LogP) is -0.653. The van der Waals surface area contributed by atoms with Crippen LogP contribution in [0.4, 0.5) is 0 Å². The highest BCUT2D eigenvalue weighted by Crippen LogP contribution is 2.33. The molecular formula is C37H53N5O10. The Balaban J connectivity index is 1.15. The zero-order valence-electron chi connectivity index (χ0n) is 29.9. The SMILES string of the molecule is CC(C)(NC(=O)CCCc1ccc(CCc2cccc3c2c(O[C@@H]2O[C@H](CO)[C@@H](O)[C@H](O)[C@H]2O)nn3CCO)cc1)C(=O)N1CCN(CCO)CC1. The zero-order valence-corrected chi connectivity index (χ0v) is 29.9. The van der Waals surface area contributed by atoms with E-state index in [0.29, 0.717) is 75.7 Å². The van der Waals surface area contributed by atoms with E-state index < -0.39 is 42.9 Å². The Morgan fingerprint density at radius 3 is 2.21 bits per heavy atom.